The third kappa shape index (κ3) is 2.54. The summed E-state index contributed by atoms with van der Waals surface area (Å²) in [5, 5.41) is 3.93. The molecule has 15 heavy (non-hydrogen) atoms. The Balaban J connectivity index is 2.10. The zero-order valence-electron chi connectivity index (χ0n) is 10.6. The van der Waals surface area contributed by atoms with E-state index >= 15 is 0 Å². The van der Waals surface area contributed by atoms with Gasteiger partial charge in [0, 0.05) is 24.2 Å². The number of likely N-dealkylation sites (N-methyl/N-ethyl adjacent to an activating group) is 1. The molecule has 0 unspecified atom stereocenters. The van der Waals surface area contributed by atoms with Gasteiger partial charge in [0.2, 0.25) is 0 Å². The quantitative estimate of drug-likeness (QED) is 0.715. The van der Waals surface area contributed by atoms with Gasteiger partial charge in [0.1, 0.15) is 0 Å². The Kier molecular flexibility index (Phi) is 3.09. The monoisotopic (exact) mass is 210 g/mol. The van der Waals surface area contributed by atoms with Crippen LogP contribution in [0.4, 0.5) is 0 Å². The molecule has 0 bridgehead atoms. The molecule has 1 N–H and O–H groups in total. The van der Waals surface area contributed by atoms with Crippen LogP contribution in [0.3, 0.4) is 0 Å². The van der Waals surface area contributed by atoms with Crippen LogP contribution in [0.1, 0.15) is 52.9 Å². The maximum Gasteiger partial charge on any atom is 0.0313 e. The first-order chi connectivity index (χ1) is 7.05. The highest BCUT2D eigenvalue weighted by molar-refractivity contribution is 5.03. The average Bonchev–Trinajstić information content (AvgIpc) is 2.16. The van der Waals surface area contributed by atoms with Gasteiger partial charge in [-0.2, -0.15) is 0 Å². The summed E-state index contributed by atoms with van der Waals surface area (Å²) in [6.07, 6.45) is 7.04. The molecule has 1 heterocycles. The molecule has 2 nitrogen and oxygen atoms in total. The summed E-state index contributed by atoms with van der Waals surface area (Å²) >= 11 is 0. The van der Waals surface area contributed by atoms with E-state index in [1.807, 2.05) is 0 Å². The second-order valence-corrected chi connectivity index (χ2v) is 6.15. The van der Waals surface area contributed by atoms with Crippen LogP contribution >= 0.6 is 0 Å². The molecular formula is C13H26N2. The second kappa shape index (κ2) is 4.06. The molecule has 1 aliphatic heterocycles. The normalized spacial score (nSPS) is 30.6. The molecule has 2 fully saturated rings. The lowest BCUT2D eigenvalue weighted by Crippen LogP contribution is -2.69. The fourth-order valence-electron chi connectivity index (χ4n) is 3.58. The smallest absolute Gasteiger partial charge is 0.0313 e. The molecule has 2 aliphatic rings. The average molecular weight is 210 g/mol. The van der Waals surface area contributed by atoms with E-state index in [9.17, 15) is 0 Å². The number of nitrogens with zero attached hydrogens (tertiary/aromatic N) is 1. The van der Waals surface area contributed by atoms with E-state index in [1.54, 1.807) is 0 Å². The van der Waals surface area contributed by atoms with Crippen LogP contribution in [0.15, 0.2) is 0 Å². The Labute approximate surface area is 94.4 Å². The second-order valence-electron chi connectivity index (χ2n) is 6.15. The lowest BCUT2D eigenvalue weighted by Gasteiger charge is -2.53. The Morgan fingerprint density at radius 1 is 1.07 bits per heavy atom. The van der Waals surface area contributed by atoms with Gasteiger partial charge in [0.25, 0.3) is 0 Å². The molecule has 0 aromatic heterocycles. The van der Waals surface area contributed by atoms with E-state index in [1.165, 1.54) is 51.7 Å². The summed E-state index contributed by atoms with van der Waals surface area (Å²) in [5.74, 6) is 0. The molecule has 1 saturated carbocycles. The third-order valence-electron chi connectivity index (χ3n) is 4.01. The molecule has 1 spiro atoms. The van der Waals surface area contributed by atoms with Crippen molar-refractivity contribution in [2.75, 3.05) is 19.6 Å². The standard InChI is InChI=1S/C13H26N2/c1-4-15-10-12(2,3)14-13(11-15)8-6-5-7-9-13/h14H,4-11H2,1-3H3. The zero-order valence-corrected chi connectivity index (χ0v) is 10.6. The maximum absolute atomic E-state index is 3.93. The summed E-state index contributed by atoms with van der Waals surface area (Å²) in [7, 11) is 0. The first-order valence-corrected chi connectivity index (χ1v) is 6.57. The van der Waals surface area contributed by atoms with Crippen LogP contribution in [0.25, 0.3) is 0 Å². The highest BCUT2D eigenvalue weighted by atomic mass is 15.3. The van der Waals surface area contributed by atoms with Crippen LogP contribution in [-0.4, -0.2) is 35.6 Å². The first kappa shape index (κ1) is 11.4. The van der Waals surface area contributed by atoms with Crippen LogP contribution in [0, 0.1) is 0 Å². The van der Waals surface area contributed by atoms with Gasteiger partial charge >= 0.3 is 0 Å². The van der Waals surface area contributed by atoms with Gasteiger partial charge < -0.3 is 5.32 Å². The molecule has 0 radical (unpaired) electrons. The largest absolute Gasteiger partial charge is 0.304 e. The van der Waals surface area contributed by atoms with E-state index in [0.717, 1.165) is 0 Å². The van der Waals surface area contributed by atoms with E-state index in [0.29, 0.717) is 11.1 Å². The van der Waals surface area contributed by atoms with Gasteiger partial charge in [0.15, 0.2) is 0 Å². The number of nitrogens with one attached hydrogen (secondary N) is 1. The Bertz CT molecular complexity index is 217. The number of hydrogen-bond donors (Lipinski definition) is 1. The minimum Gasteiger partial charge on any atom is -0.304 e. The fourth-order valence-corrected chi connectivity index (χ4v) is 3.58. The van der Waals surface area contributed by atoms with Crippen molar-refractivity contribution >= 4 is 0 Å². The van der Waals surface area contributed by atoms with Crippen LogP contribution in [-0.2, 0) is 0 Å². The number of hydrogen-bond acceptors (Lipinski definition) is 2. The predicted octanol–water partition coefficient (Wildman–Crippen LogP) is 2.39. The van der Waals surface area contributed by atoms with Crippen molar-refractivity contribution in [1.29, 1.82) is 0 Å². The van der Waals surface area contributed by atoms with Gasteiger partial charge in [-0.15, -0.1) is 0 Å². The molecule has 0 aromatic rings. The summed E-state index contributed by atoms with van der Waals surface area (Å²) in [5.41, 5.74) is 0.738. The van der Waals surface area contributed by atoms with Gasteiger partial charge in [-0.05, 0) is 33.2 Å². The molecule has 0 amide bonds. The van der Waals surface area contributed by atoms with Crippen molar-refractivity contribution in [3.8, 4) is 0 Å². The Morgan fingerprint density at radius 2 is 1.73 bits per heavy atom. The molecule has 1 saturated heterocycles. The predicted molar refractivity (Wildman–Crippen MR) is 65.1 cm³/mol. The molecular weight excluding hydrogens is 184 g/mol. The minimum atomic E-state index is 0.297. The Morgan fingerprint density at radius 3 is 2.33 bits per heavy atom. The summed E-state index contributed by atoms with van der Waals surface area (Å²) in [6, 6.07) is 0. The SMILES string of the molecule is CCN1CC(C)(C)NC2(CCCCC2)C1. The summed E-state index contributed by atoms with van der Waals surface area (Å²) in [4.78, 5) is 2.63. The highest BCUT2D eigenvalue weighted by Gasteiger charge is 2.42. The third-order valence-corrected chi connectivity index (χ3v) is 4.01. The molecule has 0 aromatic carbocycles. The molecule has 2 rings (SSSR count). The fraction of sp³-hybridized carbons (Fsp3) is 1.00. The molecule has 0 atom stereocenters. The van der Waals surface area contributed by atoms with Gasteiger partial charge in [-0.3, -0.25) is 4.90 Å². The highest BCUT2D eigenvalue weighted by Crippen LogP contribution is 2.33. The lowest BCUT2D eigenvalue weighted by atomic mass is 9.77. The van der Waals surface area contributed by atoms with Crippen molar-refractivity contribution in [2.45, 2.75) is 64.0 Å². The zero-order chi connectivity index (χ0) is 10.9. The summed E-state index contributed by atoms with van der Waals surface area (Å²) < 4.78 is 0. The van der Waals surface area contributed by atoms with Gasteiger partial charge in [0.05, 0.1) is 0 Å². The topological polar surface area (TPSA) is 15.3 Å². The van der Waals surface area contributed by atoms with Crippen molar-refractivity contribution in [1.82, 2.24) is 10.2 Å². The van der Waals surface area contributed by atoms with Gasteiger partial charge in [-0.1, -0.05) is 26.2 Å². The van der Waals surface area contributed by atoms with Crippen LogP contribution in [0.2, 0.25) is 0 Å². The number of rotatable bonds is 1. The first-order valence-electron chi connectivity index (χ1n) is 6.57. The molecule has 88 valence electrons. The van der Waals surface area contributed by atoms with Crippen molar-refractivity contribution in [2.24, 2.45) is 0 Å². The molecule has 2 heteroatoms. The summed E-state index contributed by atoms with van der Waals surface area (Å²) in [6.45, 7) is 10.7. The van der Waals surface area contributed by atoms with E-state index in [2.05, 4.69) is 31.0 Å². The van der Waals surface area contributed by atoms with E-state index in [4.69, 9.17) is 0 Å². The Hall–Kier alpha value is -0.0800. The van der Waals surface area contributed by atoms with Crippen LogP contribution in [0.5, 0.6) is 0 Å². The van der Waals surface area contributed by atoms with E-state index in [-0.39, 0.29) is 0 Å². The van der Waals surface area contributed by atoms with Gasteiger partial charge in [-0.25, -0.2) is 0 Å². The maximum atomic E-state index is 3.93. The van der Waals surface area contributed by atoms with Crippen molar-refractivity contribution in [3.63, 3.8) is 0 Å². The molecule has 1 aliphatic carbocycles. The van der Waals surface area contributed by atoms with E-state index < -0.39 is 0 Å². The van der Waals surface area contributed by atoms with Crippen molar-refractivity contribution in [3.05, 3.63) is 0 Å². The number of piperazine rings is 1. The lowest BCUT2D eigenvalue weighted by molar-refractivity contribution is 0.0402. The van der Waals surface area contributed by atoms with Crippen LogP contribution < -0.4 is 5.32 Å². The van der Waals surface area contributed by atoms with Crippen molar-refractivity contribution < 1.29 is 0 Å². The minimum absolute atomic E-state index is 0.297.